The first-order valence-corrected chi connectivity index (χ1v) is 13.6. The molecule has 0 aliphatic heterocycles. The van der Waals surface area contributed by atoms with Crippen LogP contribution in [0.4, 0.5) is 5.82 Å². The molecule has 0 radical (unpaired) electrons. The fourth-order valence-corrected chi connectivity index (χ4v) is 4.05. The van der Waals surface area contributed by atoms with E-state index in [9.17, 15) is 0 Å². The largest absolute Gasteiger partial charge is 0.394 e. The Balaban J connectivity index is 2.65. The van der Waals surface area contributed by atoms with Gasteiger partial charge in [0.2, 0.25) is 5.28 Å². The molecular formula is C11H20ClN5Si2. The predicted octanol–water partition coefficient (Wildman–Crippen LogP) is 3.41. The fraction of sp³-hybridized carbons (Fsp3) is 0.545. The van der Waals surface area contributed by atoms with Crippen LogP contribution < -0.4 is 4.98 Å². The first kappa shape index (κ1) is 14.5. The lowest BCUT2D eigenvalue weighted by Gasteiger charge is -2.20. The maximum Gasteiger partial charge on any atom is 0.226 e. The van der Waals surface area contributed by atoms with Crippen LogP contribution in [0, 0.1) is 0 Å². The molecule has 0 aromatic carbocycles. The van der Waals surface area contributed by atoms with Crippen molar-refractivity contribution in [2.75, 3.05) is 4.98 Å². The van der Waals surface area contributed by atoms with Crippen molar-refractivity contribution in [1.82, 2.24) is 19.2 Å². The second-order valence-corrected chi connectivity index (χ2v) is 16.6. The van der Waals surface area contributed by atoms with Crippen molar-refractivity contribution < 1.29 is 0 Å². The van der Waals surface area contributed by atoms with E-state index in [1.165, 1.54) is 0 Å². The van der Waals surface area contributed by atoms with Gasteiger partial charge in [-0.25, -0.2) is 4.98 Å². The number of nitrogens with one attached hydrogen (secondary N) is 1. The van der Waals surface area contributed by atoms with Crippen LogP contribution in [0.5, 0.6) is 0 Å². The fourth-order valence-electron chi connectivity index (χ4n) is 1.81. The number of nitrogens with zero attached hydrogens (tertiary/aromatic N) is 4. The molecule has 1 N–H and O–H groups in total. The third-order valence-corrected chi connectivity index (χ3v) is 5.51. The summed E-state index contributed by atoms with van der Waals surface area (Å²) in [5.41, 5.74) is 1.65. The molecule has 0 saturated heterocycles. The van der Waals surface area contributed by atoms with E-state index in [2.05, 4.69) is 63.4 Å². The molecular weight excluding hydrogens is 294 g/mol. The van der Waals surface area contributed by atoms with E-state index in [4.69, 9.17) is 11.6 Å². The second kappa shape index (κ2) is 4.57. The average molecular weight is 314 g/mol. The molecule has 0 atom stereocenters. The Hall–Kier alpha value is -0.926. The maximum atomic E-state index is 6.06. The summed E-state index contributed by atoms with van der Waals surface area (Å²) in [5.74, 6) is 0.756. The summed E-state index contributed by atoms with van der Waals surface area (Å²) in [6.07, 6.45) is 1.86. The number of anilines is 1. The van der Waals surface area contributed by atoms with E-state index in [0.717, 1.165) is 17.0 Å². The minimum atomic E-state index is -1.56. The lowest BCUT2D eigenvalue weighted by Crippen LogP contribution is -2.33. The zero-order chi connectivity index (χ0) is 14.4. The molecule has 0 amide bonds. The van der Waals surface area contributed by atoms with E-state index in [1.807, 2.05) is 6.33 Å². The van der Waals surface area contributed by atoms with Gasteiger partial charge in [-0.1, -0.05) is 39.3 Å². The van der Waals surface area contributed by atoms with Gasteiger partial charge >= 0.3 is 0 Å². The van der Waals surface area contributed by atoms with Crippen LogP contribution in [-0.4, -0.2) is 35.7 Å². The van der Waals surface area contributed by atoms with E-state index in [1.54, 1.807) is 0 Å². The summed E-state index contributed by atoms with van der Waals surface area (Å²) in [4.78, 5) is 16.6. The van der Waals surface area contributed by atoms with Gasteiger partial charge in [0.05, 0.1) is 6.33 Å². The van der Waals surface area contributed by atoms with Gasteiger partial charge in [0, 0.05) is 0 Å². The highest BCUT2D eigenvalue weighted by Gasteiger charge is 2.24. The topological polar surface area (TPSA) is 55.6 Å². The number of halogens is 1. The standard InChI is InChI=1S/C11H20ClN5Si2/c1-18(2,3)16-9-8-10(15-11(12)14-9)17(7-13-8)19(4,5)6/h7H,1-6H3,(H,14,15,16). The third kappa shape index (κ3) is 3.15. The van der Waals surface area contributed by atoms with Crippen LogP contribution in [0.15, 0.2) is 6.33 Å². The number of fused-ring (bicyclic) bond motifs is 1. The Kier molecular flexibility index (Phi) is 3.48. The molecule has 0 spiro atoms. The lowest BCUT2D eigenvalue weighted by atomic mass is 10.5. The van der Waals surface area contributed by atoms with Crippen LogP contribution in [0.25, 0.3) is 11.2 Å². The van der Waals surface area contributed by atoms with E-state index in [0.29, 0.717) is 0 Å². The minimum absolute atomic E-state index is 0.272. The lowest BCUT2D eigenvalue weighted by molar-refractivity contribution is 1.11. The number of hydrogen-bond donors (Lipinski definition) is 1. The van der Waals surface area contributed by atoms with Gasteiger partial charge in [-0.3, -0.25) is 0 Å². The van der Waals surface area contributed by atoms with Crippen molar-refractivity contribution in [3.8, 4) is 0 Å². The Morgan fingerprint density at radius 1 is 1.11 bits per heavy atom. The molecule has 104 valence electrons. The summed E-state index contributed by atoms with van der Waals surface area (Å²) in [6, 6.07) is 0. The highest BCUT2D eigenvalue weighted by atomic mass is 35.5. The van der Waals surface area contributed by atoms with Gasteiger partial charge in [0.15, 0.2) is 19.7 Å². The van der Waals surface area contributed by atoms with Gasteiger partial charge in [-0.15, -0.1) is 0 Å². The first-order valence-electron chi connectivity index (χ1n) is 6.27. The van der Waals surface area contributed by atoms with E-state index >= 15 is 0 Å². The SMILES string of the molecule is C[Si](C)(C)Nc1nc(Cl)nc2c1ncn2[Si](C)(C)C. The number of imidazole rings is 1. The monoisotopic (exact) mass is 313 g/mol. The number of aromatic nitrogens is 4. The predicted molar refractivity (Wildman–Crippen MR) is 86.0 cm³/mol. The zero-order valence-electron chi connectivity index (χ0n) is 12.2. The Bertz CT molecular complexity index is 612. The average Bonchev–Trinajstić information content (AvgIpc) is 2.57. The zero-order valence-corrected chi connectivity index (χ0v) is 15.0. The number of hydrogen-bond acceptors (Lipinski definition) is 4. The van der Waals surface area contributed by atoms with Crippen molar-refractivity contribution in [1.29, 1.82) is 0 Å². The molecule has 0 saturated carbocycles. The molecule has 2 heterocycles. The molecule has 0 aliphatic rings. The molecule has 2 rings (SSSR count). The smallest absolute Gasteiger partial charge is 0.226 e. The summed E-state index contributed by atoms with van der Waals surface area (Å²) >= 11 is 6.06. The normalized spacial score (nSPS) is 13.0. The van der Waals surface area contributed by atoms with Crippen LogP contribution >= 0.6 is 11.6 Å². The summed E-state index contributed by atoms with van der Waals surface area (Å²) in [5, 5.41) is 0.272. The van der Waals surface area contributed by atoms with Crippen molar-refractivity contribution in [3.05, 3.63) is 11.6 Å². The summed E-state index contributed by atoms with van der Waals surface area (Å²) in [7, 11) is -3.07. The Morgan fingerprint density at radius 3 is 2.26 bits per heavy atom. The van der Waals surface area contributed by atoms with Gasteiger partial charge in [-0.2, -0.15) is 9.97 Å². The minimum Gasteiger partial charge on any atom is -0.394 e. The van der Waals surface area contributed by atoms with Crippen LogP contribution in [0.1, 0.15) is 0 Å². The highest BCUT2D eigenvalue weighted by molar-refractivity contribution is 6.79. The van der Waals surface area contributed by atoms with Gasteiger partial charge in [-0.05, 0) is 11.6 Å². The van der Waals surface area contributed by atoms with Crippen LogP contribution in [0.3, 0.4) is 0 Å². The summed E-state index contributed by atoms with van der Waals surface area (Å²) in [6.45, 7) is 13.4. The molecule has 0 fully saturated rings. The molecule has 5 nitrogen and oxygen atoms in total. The van der Waals surface area contributed by atoms with Gasteiger partial charge < -0.3 is 9.22 Å². The van der Waals surface area contributed by atoms with Gasteiger partial charge in [0.25, 0.3) is 0 Å². The highest BCUT2D eigenvalue weighted by Crippen LogP contribution is 2.24. The van der Waals surface area contributed by atoms with Crippen molar-refractivity contribution in [2.24, 2.45) is 0 Å². The van der Waals surface area contributed by atoms with Crippen molar-refractivity contribution in [3.63, 3.8) is 0 Å². The maximum absolute atomic E-state index is 6.06. The second-order valence-electron chi connectivity index (χ2n) is 6.67. The summed E-state index contributed by atoms with van der Waals surface area (Å²) < 4.78 is 2.16. The Labute approximate surface area is 120 Å². The molecule has 2 aromatic heterocycles. The molecule has 8 heteroatoms. The van der Waals surface area contributed by atoms with Crippen molar-refractivity contribution >= 4 is 45.1 Å². The molecule has 0 unspecified atom stereocenters. The molecule has 0 bridgehead atoms. The Morgan fingerprint density at radius 2 is 1.74 bits per heavy atom. The molecule has 0 aliphatic carbocycles. The van der Waals surface area contributed by atoms with Gasteiger partial charge in [0.1, 0.15) is 13.8 Å². The van der Waals surface area contributed by atoms with Crippen LogP contribution in [0.2, 0.25) is 44.6 Å². The molecule has 2 aromatic rings. The third-order valence-electron chi connectivity index (χ3n) is 2.58. The quantitative estimate of drug-likeness (QED) is 0.697. The van der Waals surface area contributed by atoms with E-state index in [-0.39, 0.29) is 5.28 Å². The van der Waals surface area contributed by atoms with E-state index < -0.39 is 16.5 Å². The van der Waals surface area contributed by atoms with Crippen molar-refractivity contribution in [2.45, 2.75) is 39.3 Å². The van der Waals surface area contributed by atoms with Crippen LogP contribution in [-0.2, 0) is 0 Å². The molecule has 19 heavy (non-hydrogen) atoms. The first-order chi connectivity index (χ1) is 8.58. The number of rotatable bonds is 3.